The monoisotopic (exact) mass is 401 g/mol. The van der Waals surface area contributed by atoms with E-state index in [9.17, 15) is 26.0 Å². The number of rotatable bonds is 3. The fourth-order valence-corrected chi connectivity index (χ4v) is 3.73. The van der Waals surface area contributed by atoms with Crippen LogP contribution in [0.15, 0.2) is 35.2 Å². The molecule has 0 saturated heterocycles. The predicted molar refractivity (Wildman–Crippen MR) is 83.4 cm³/mol. The molecule has 0 radical (unpaired) electrons. The molecule has 0 unspecified atom stereocenters. The normalized spacial score (nSPS) is 12.3. The molecule has 3 nitrogen and oxygen atoms in total. The number of hydrogen-bond donors (Lipinski definition) is 1. The summed E-state index contributed by atoms with van der Waals surface area (Å²) < 4.78 is 77.9. The summed E-state index contributed by atoms with van der Waals surface area (Å²) in [7, 11) is -4.34. The Bertz CT molecular complexity index is 898. The predicted octanol–water partition coefficient (Wildman–Crippen LogP) is 5.26. The zero-order chi connectivity index (χ0) is 18.3. The highest BCUT2D eigenvalue weighted by atomic mass is 35.5. The molecule has 2 aromatic rings. The number of sulfonamides is 1. The Morgan fingerprint density at radius 3 is 2.21 bits per heavy atom. The van der Waals surface area contributed by atoms with Crippen LogP contribution in [0, 0.1) is 12.7 Å². The maximum absolute atomic E-state index is 13.4. The molecular formula is C14H9Cl2F4NO2S. The van der Waals surface area contributed by atoms with Crippen molar-refractivity contribution < 1.29 is 26.0 Å². The molecule has 1 N–H and O–H groups in total. The van der Waals surface area contributed by atoms with Crippen LogP contribution in [0.3, 0.4) is 0 Å². The number of halogens is 6. The van der Waals surface area contributed by atoms with Crippen LogP contribution in [0.1, 0.15) is 11.1 Å². The molecule has 0 saturated carbocycles. The molecule has 2 rings (SSSR count). The van der Waals surface area contributed by atoms with Crippen LogP contribution >= 0.6 is 23.2 Å². The van der Waals surface area contributed by atoms with Crippen molar-refractivity contribution in [2.24, 2.45) is 0 Å². The maximum Gasteiger partial charge on any atom is 0.416 e. The lowest BCUT2D eigenvalue weighted by Crippen LogP contribution is -2.15. The number of aryl methyl sites for hydroxylation is 1. The van der Waals surface area contributed by atoms with Crippen molar-refractivity contribution in [3.8, 4) is 0 Å². The van der Waals surface area contributed by atoms with Crippen molar-refractivity contribution in [1.29, 1.82) is 0 Å². The van der Waals surface area contributed by atoms with Crippen molar-refractivity contribution in [2.45, 2.75) is 18.0 Å². The molecule has 0 aliphatic heterocycles. The molecule has 0 amide bonds. The molecule has 0 fully saturated rings. The van der Waals surface area contributed by atoms with Crippen LogP contribution in [-0.4, -0.2) is 8.42 Å². The van der Waals surface area contributed by atoms with Gasteiger partial charge in [0.05, 0.1) is 16.3 Å². The number of hydrogen-bond acceptors (Lipinski definition) is 2. The third-order valence-corrected chi connectivity index (χ3v) is 5.23. The number of anilines is 1. The van der Waals surface area contributed by atoms with Gasteiger partial charge < -0.3 is 0 Å². The van der Waals surface area contributed by atoms with Crippen molar-refractivity contribution in [3.63, 3.8) is 0 Å². The first-order valence-electron chi connectivity index (χ1n) is 6.26. The summed E-state index contributed by atoms with van der Waals surface area (Å²) in [5.41, 5.74) is -1.50. The van der Waals surface area contributed by atoms with E-state index >= 15 is 0 Å². The second kappa shape index (κ2) is 6.42. The molecular weight excluding hydrogens is 393 g/mol. The fourth-order valence-electron chi connectivity index (χ4n) is 1.86. The van der Waals surface area contributed by atoms with Gasteiger partial charge in [0.1, 0.15) is 10.7 Å². The largest absolute Gasteiger partial charge is 0.416 e. The molecule has 0 aromatic heterocycles. The lowest BCUT2D eigenvalue weighted by molar-refractivity contribution is -0.137. The van der Waals surface area contributed by atoms with Gasteiger partial charge in [-0.25, -0.2) is 12.8 Å². The standard InChI is InChI=1S/C14H9Cl2F4NO2S/c1-7-2-13(12(16)6-11(7)15)24(22,23)21-10-4-8(14(18,19)20)3-9(17)5-10/h2-6,21H,1H3. The van der Waals surface area contributed by atoms with Gasteiger partial charge >= 0.3 is 6.18 Å². The van der Waals surface area contributed by atoms with Crippen molar-refractivity contribution >= 4 is 38.9 Å². The lowest BCUT2D eigenvalue weighted by Gasteiger charge is -2.13. The summed E-state index contributed by atoms with van der Waals surface area (Å²) in [5.74, 6) is -1.24. The van der Waals surface area contributed by atoms with Crippen LogP contribution in [0.5, 0.6) is 0 Å². The molecule has 0 aliphatic carbocycles. The van der Waals surface area contributed by atoms with Crippen LogP contribution in [0.25, 0.3) is 0 Å². The summed E-state index contributed by atoms with van der Waals surface area (Å²) in [6.07, 6.45) is -4.82. The minimum atomic E-state index is -4.82. The molecule has 24 heavy (non-hydrogen) atoms. The third-order valence-electron chi connectivity index (χ3n) is 2.98. The van der Waals surface area contributed by atoms with Gasteiger partial charge in [-0.2, -0.15) is 13.2 Å². The second-order valence-electron chi connectivity index (χ2n) is 4.86. The Hall–Kier alpha value is -1.51. The topological polar surface area (TPSA) is 46.2 Å². The minimum Gasteiger partial charge on any atom is -0.279 e. The average molecular weight is 402 g/mol. The molecule has 130 valence electrons. The van der Waals surface area contributed by atoms with E-state index in [1.54, 1.807) is 0 Å². The smallest absolute Gasteiger partial charge is 0.279 e. The Labute approximate surface area is 145 Å². The average Bonchev–Trinajstić information content (AvgIpc) is 2.40. The Morgan fingerprint density at radius 1 is 1.00 bits per heavy atom. The highest BCUT2D eigenvalue weighted by Crippen LogP contribution is 2.33. The molecule has 0 atom stereocenters. The highest BCUT2D eigenvalue weighted by Gasteiger charge is 2.32. The summed E-state index contributed by atoms with van der Waals surface area (Å²) in [4.78, 5) is -0.385. The quantitative estimate of drug-likeness (QED) is 0.712. The van der Waals surface area contributed by atoms with Gasteiger partial charge in [0.25, 0.3) is 10.0 Å². The molecule has 0 aliphatic rings. The Balaban J connectivity index is 2.47. The molecule has 0 spiro atoms. The molecule has 0 bridgehead atoms. The Morgan fingerprint density at radius 2 is 1.62 bits per heavy atom. The molecule has 2 aromatic carbocycles. The number of alkyl halides is 3. The first-order chi connectivity index (χ1) is 10.9. The first kappa shape index (κ1) is 18.8. The fraction of sp³-hybridized carbons (Fsp3) is 0.143. The van der Waals surface area contributed by atoms with E-state index < -0.39 is 33.3 Å². The first-order valence-corrected chi connectivity index (χ1v) is 8.50. The summed E-state index contributed by atoms with van der Waals surface area (Å²) in [6, 6.07) is 3.73. The van der Waals surface area contributed by atoms with E-state index in [1.807, 2.05) is 4.72 Å². The van der Waals surface area contributed by atoms with E-state index in [0.29, 0.717) is 17.7 Å². The Kier molecular flexibility index (Phi) is 5.03. The van der Waals surface area contributed by atoms with Gasteiger partial charge in [-0.1, -0.05) is 23.2 Å². The van der Waals surface area contributed by atoms with E-state index in [1.165, 1.54) is 13.0 Å². The zero-order valence-electron chi connectivity index (χ0n) is 11.9. The van der Waals surface area contributed by atoms with Crippen molar-refractivity contribution in [2.75, 3.05) is 4.72 Å². The van der Waals surface area contributed by atoms with Crippen LogP contribution in [-0.2, 0) is 16.2 Å². The minimum absolute atomic E-state index is 0.217. The van der Waals surface area contributed by atoms with Gasteiger partial charge in [0.15, 0.2) is 0 Å². The highest BCUT2D eigenvalue weighted by molar-refractivity contribution is 7.92. The summed E-state index contributed by atoms with van der Waals surface area (Å²) in [5, 5.41) is 0.00890. The summed E-state index contributed by atoms with van der Waals surface area (Å²) in [6.45, 7) is 1.53. The van der Waals surface area contributed by atoms with Crippen LogP contribution < -0.4 is 4.72 Å². The van der Waals surface area contributed by atoms with E-state index in [-0.39, 0.29) is 21.0 Å². The number of benzene rings is 2. The lowest BCUT2D eigenvalue weighted by atomic mass is 10.2. The van der Waals surface area contributed by atoms with Crippen LogP contribution in [0.2, 0.25) is 10.0 Å². The van der Waals surface area contributed by atoms with E-state index in [2.05, 4.69) is 0 Å². The van der Waals surface area contributed by atoms with E-state index in [0.717, 1.165) is 6.07 Å². The van der Waals surface area contributed by atoms with E-state index in [4.69, 9.17) is 23.2 Å². The molecule has 10 heteroatoms. The van der Waals surface area contributed by atoms with Gasteiger partial charge in [0.2, 0.25) is 0 Å². The second-order valence-corrected chi connectivity index (χ2v) is 7.33. The maximum atomic E-state index is 13.4. The zero-order valence-corrected chi connectivity index (χ0v) is 14.2. The SMILES string of the molecule is Cc1cc(S(=O)(=O)Nc2cc(F)cc(C(F)(F)F)c2)c(Cl)cc1Cl. The molecule has 0 heterocycles. The van der Waals surface area contributed by atoms with Crippen LogP contribution in [0.4, 0.5) is 23.2 Å². The van der Waals surface area contributed by atoms with Crippen molar-refractivity contribution in [1.82, 2.24) is 0 Å². The number of nitrogens with one attached hydrogen (secondary N) is 1. The van der Waals surface area contributed by atoms with Gasteiger partial charge in [-0.15, -0.1) is 0 Å². The van der Waals surface area contributed by atoms with Crippen molar-refractivity contribution in [3.05, 3.63) is 57.3 Å². The van der Waals surface area contributed by atoms with Gasteiger partial charge in [-0.05, 0) is 42.8 Å². The summed E-state index contributed by atoms with van der Waals surface area (Å²) >= 11 is 11.6. The van der Waals surface area contributed by atoms with Gasteiger partial charge in [-0.3, -0.25) is 4.72 Å². The van der Waals surface area contributed by atoms with Gasteiger partial charge in [0, 0.05) is 5.02 Å². The third kappa shape index (κ3) is 4.12.